The van der Waals surface area contributed by atoms with E-state index in [-0.39, 0.29) is 5.69 Å². The van der Waals surface area contributed by atoms with Crippen LogP contribution in [0.5, 0.6) is 0 Å². The van der Waals surface area contributed by atoms with Crippen molar-refractivity contribution in [3.63, 3.8) is 0 Å². The minimum atomic E-state index is -0.414. The van der Waals surface area contributed by atoms with Gasteiger partial charge >= 0.3 is 0 Å². The summed E-state index contributed by atoms with van der Waals surface area (Å²) in [6, 6.07) is 1.55. The highest BCUT2D eigenvalue weighted by molar-refractivity contribution is 7.22. The summed E-state index contributed by atoms with van der Waals surface area (Å²) in [6.45, 7) is 2.84. The first-order valence-electron chi connectivity index (χ1n) is 7.39. The Morgan fingerprint density at radius 3 is 2.79 bits per heavy atom. The number of morpholine rings is 1. The predicted molar refractivity (Wildman–Crippen MR) is 89.3 cm³/mol. The highest BCUT2D eigenvalue weighted by atomic mass is 32.1. The fourth-order valence-electron chi connectivity index (χ4n) is 2.63. The molecule has 1 aliphatic heterocycles. The molecule has 4 rings (SSSR count). The third-order valence-electron chi connectivity index (χ3n) is 3.81. The molecule has 10 heteroatoms. The van der Waals surface area contributed by atoms with Gasteiger partial charge in [-0.3, -0.25) is 14.8 Å². The molecule has 124 valence electrons. The molecule has 3 aromatic heterocycles. The Morgan fingerprint density at radius 2 is 2.12 bits per heavy atom. The number of fused-ring (bicyclic) bond motifs is 1. The van der Waals surface area contributed by atoms with E-state index in [9.17, 15) is 10.1 Å². The molecule has 0 unspecified atom stereocenters. The van der Waals surface area contributed by atoms with Gasteiger partial charge in [0.25, 0.3) is 5.69 Å². The van der Waals surface area contributed by atoms with Gasteiger partial charge in [-0.2, -0.15) is 10.1 Å². The van der Waals surface area contributed by atoms with E-state index in [2.05, 4.69) is 20.0 Å². The van der Waals surface area contributed by atoms with Crippen LogP contribution in [0, 0.1) is 10.1 Å². The van der Waals surface area contributed by atoms with Crippen molar-refractivity contribution < 1.29 is 9.66 Å². The van der Waals surface area contributed by atoms with Crippen molar-refractivity contribution >= 4 is 32.5 Å². The monoisotopic (exact) mass is 346 g/mol. The fraction of sp³-hybridized carbons (Fsp3) is 0.357. The molecule has 0 saturated carbocycles. The van der Waals surface area contributed by atoms with Gasteiger partial charge in [0.2, 0.25) is 0 Å². The Bertz CT molecular complexity index is 915. The highest BCUT2D eigenvalue weighted by Crippen LogP contribution is 2.35. The van der Waals surface area contributed by atoms with Crippen molar-refractivity contribution in [1.82, 2.24) is 19.7 Å². The molecule has 0 amide bonds. The lowest BCUT2D eigenvalue weighted by Gasteiger charge is -2.25. The van der Waals surface area contributed by atoms with Crippen molar-refractivity contribution in [2.45, 2.75) is 0 Å². The maximum Gasteiger partial charge on any atom is 0.297 e. The quantitative estimate of drug-likeness (QED) is 0.527. The van der Waals surface area contributed by atoms with Gasteiger partial charge in [-0.25, -0.2) is 4.98 Å². The summed E-state index contributed by atoms with van der Waals surface area (Å²) in [4.78, 5) is 22.2. The number of hydrogen-bond acceptors (Lipinski definition) is 8. The van der Waals surface area contributed by atoms with E-state index in [0.717, 1.165) is 18.2 Å². The number of thiazole rings is 1. The van der Waals surface area contributed by atoms with E-state index in [1.807, 2.05) is 0 Å². The van der Waals surface area contributed by atoms with Crippen molar-refractivity contribution in [2.75, 3.05) is 31.2 Å². The molecule has 0 radical (unpaired) electrons. The Kier molecular flexibility index (Phi) is 3.62. The zero-order chi connectivity index (χ0) is 16.7. The maximum absolute atomic E-state index is 11.4. The Labute approximate surface area is 140 Å². The molecule has 1 saturated heterocycles. The number of hydrogen-bond donors (Lipinski definition) is 0. The van der Waals surface area contributed by atoms with Crippen LogP contribution in [0.3, 0.4) is 0 Å². The molecule has 0 N–H and O–H groups in total. The van der Waals surface area contributed by atoms with Crippen LogP contribution >= 0.6 is 11.3 Å². The third-order valence-corrected chi connectivity index (χ3v) is 4.86. The Morgan fingerprint density at radius 1 is 1.33 bits per heavy atom. The van der Waals surface area contributed by atoms with E-state index in [0.29, 0.717) is 34.8 Å². The molecule has 0 bridgehead atoms. The van der Waals surface area contributed by atoms with Crippen LogP contribution in [0.2, 0.25) is 0 Å². The maximum atomic E-state index is 11.4. The van der Waals surface area contributed by atoms with Crippen LogP contribution < -0.4 is 4.90 Å². The van der Waals surface area contributed by atoms with Gasteiger partial charge < -0.3 is 9.64 Å². The molecular formula is C14H14N6O3S. The van der Waals surface area contributed by atoms with Crippen molar-refractivity contribution in [1.29, 1.82) is 0 Å². The van der Waals surface area contributed by atoms with Crippen LogP contribution in [0.25, 0.3) is 21.6 Å². The lowest BCUT2D eigenvalue weighted by atomic mass is 10.2. The first-order chi connectivity index (χ1) is 11.6. The Balaban J connectivity index is 1.83. The first kappa shape index (κ1) is 15.0. The summed E-state index contributed by atoms with van der Waals surface area (Å²) >= 11 is 1.42. The number of aromatic nitrogens is 4. The normalized spacial score (nSPS) is 15.1. The number of aryl methyl sites for hydroxylation is 1. The largest absolute Gasteiger partial charge is 0.378 e. The van der Waals surface area contributed by atoms with Gasteiger partial charge in [-0.05, 0) is 0 Å². The standard InChI is InChI=1S/C14H14N6O3S/c1-18-8-9(7-15-18)12-10(20(21)22)6-11-13(16-12)17-14(24-11)19-2-4-23-5-3-19/h6-8H,2-5H2,1H3. The van der Waals surface area contributed by atoms with E-state index in [4.69, 9.17) is 4.74 Å². The summed E-state index contributed by atoms with van der Waals surface area (Å²) in [5.41, 5.74) is 1.38. The molecule has 1 aliphatic rings. The molecule has 9 nitrogen and oxygen atoms in total. The SMILES string of the molecule is Cn1cc(-c2nc3nc(N4CCOCC4)sc3cc2[N+](=O)[O-])cn1. The predicted octanol–water partition coefficient (Wildman–Crippen LogP) is 1.84. The second-order valence-electron chi connectivity index (χ2n) is 5.43. The van der Waals surface area contributed by atoms with E-state index in [1.165, 1.54) is 11.3 Å². The average molecular weight is 346 g/mol. The van der Waals surface area contributed by atoms with Crippen molar-refractivity contribution in [3.05, 3.63) is 28.6 Å². The molecule has 0 spiro atoms. The molecule has 4 heterocycles. The number of ether oxygens (including phenoxy) is 1. The van der Waals surface area contributed by atoms with Gasteiger partial charge in [0.15, 0.2) is 16.5 Å². The fourth-order valence-corrected chi connectivity index (χ4v) is 3.62. The molecule has 0 aromatic carbocycles. The smallest absolute Gasteiger partial charge is 0.297 e. The highest BCUT2D eigenvalue weighted by Gasteiger charge is 2.23. The molecule has 0 atom stereocenters. The molecular weight excluding hydrogens is 332 g/mol. The minimum Gasteiger partial charge on any atom is -0.378 e. The van der Waals surface area contributed by atoms with Crippen LogP contribution in [-0.4, -0.2) is 51.0 Å². The molecule has 3 aromatic rings. The lowest BCUT2D eigenvalue weighted by molar-refractivity contribution is -0.384. The van der Waals surface area contributed by atoms with Crippen molar-refractivity contribution in [3.8, 4) is 11.3 Å². The van der Waals surface area contributed by atoms with Crippen LogP contribution in [0.4, 0.5) is 10.8 Å². The Hall–Kier alpha value is -2.59. The minimum absolute atomic E-state index is 0.0346. The molecule has 24 heavy (non-hydrogen) atoms. The van der Waals surface area contributed by atoms with E-state index >= 15 is 0 Å². The number of pyridine rings is 1. The van der Waals surface area contributed by atoms with Crippen LogP contribution in [0.1, 0.15) is 0 Å². The zero-order valence-corrected chi connectivity index (χ0v) is 13.7. The van der Waals surface area contributed by atoms with Crippen LogP contribution in [0.15, 0.2) is 18.5 Å². The first-order valence-corrected chi connectivity index (χ1v) is 8.21. The summed E-state index contributed by atoms with van der Waals surface area (Å²) in [5.74, 6) is 0. The zero-order valence-electron chi connectivity index (χ0n) is 12.9. The number of nitro groups is 1. The van der Waals surface area contributed by atoms with Gasteiger partial charge in [-0.15, -0.1) is 0 Å². The lowest BCUT2D eigenvalue weighted by Crippen LogP contribution is -2.36. The van der Waals surface area contributed by atoms with Crippen molar-refractivity contribution in [2.24, 2.45) is 7.05 Å². The van der Waals surface area contributed by atoms with Gasteiger partial charge in [-0.1, -0.05) is 11.3 Å². The van der Waals surface area contributed by atoms with Gasteiger partial charge in [0, 0.05) is 38.0 Å². The van der Waals surface area contributed by atoms with Crippen LogP contribution in [-0.2, 0) is 11.8 Å². The van der Waals surface area contributed by atoms with Gasteiger partial charge in [0.1, 0.15) is 0 Å². The topological polar surface area (TPSA) is 99.2 Å². The van der Waals surface area contributed by atoms with Gasteiger partial charge in [0.05, 0.1) is 29.0 Å². The molecule has 1 fully saturated rings. The number of nitrogens with zero attached hydrogens (tertiary/aromatic N) is 6. The summed E-state index contributed by atoms with van der Waals surface area (Å²) in [5, 5.41) is 16.3. The summed E-state index contributed by atoms with van der Waals surface area (Å²) < 4.78 is 7.64. The molecule has 0 aliphatic carbocycles. The number of anilines is 1. The van der Waals surface area contributed by atoms with E-state index < -0.39 is 4.92 Å². The number of rotatable bonds is 3. The summed E-state index contributed by atoms with van der Waals surface area (Å²) in [6.07, 6.45) is 3.27. The second kappa shape index (κ2) is 5.80. The average Bonchev–Trinajstić information content (AvgIpc) is 3.20. The summed E-state index contributed by atoms with van der Waals surface area (Å²) in [7, 11) is 1.76. The third kappa shape index (κ3) is 2.59. The second-order valence-corrected chi connectivity index (χ2v) is 6.44. The van der Waals surface area contributed by atoms with E-state index in [1.54, 1.807) is 30.2 Å².